The van der Waals surface area contributed by atoms with Crippen LogP contribution in [0.3, 0.4) is 0 Å². The average molecular weight is 482 g/mol. The van der Waals surface area contributed by atoms with Crippen molar-refractivity contribution in [1.29, 1.82) is 0 Å². The molecule has 27 heavy (non-hydrogen) atoms. The van der Waals surface area contributed by atoms with E-state index in [0.29, 0.717) is 19.0 Å². The number of aliphatic imine (C=N–C) groups is 1. The summed E-state index contributed by atoms with van der Waals surface area (Å²) in [5.74, 6) is 0.693. The van der Waals surface area contributed by atoms with Gasteiger partial charge in [0.2, 0.25) is 0 Å². The van der Waals surface area contributed by atoms with Gasteiger partial charge in [0.05, 0.1) is 13.1 Å². The maximum absolute atomic E-state index is 10.7. The number of guanidine groups is 1. The zero-order valence-corrected chi connectivity index (χ0v) is 18.9. The maximum Gasteiger partial charge on any atom is 0.191 e. The fraction of sp³-hybridized carbons (Fsp3) is 0.381. The van der Waals surface area contributed by atoms with E-state index in [9.17, 15) is 5.11 Å². The van der Waals surface area contributed by atoms with Crippen LogP contribution in [-0.4, -0.2) is 38.3 Å². The third kappa shape index (κ3) is 7.38. The number of halogens is 1. The molecule has 0 saturated heterocycles. The summed E-state index contributed by atoms with van der Waals surface area (Å²) in [6, 6.07) is 18.0. The summed E-state index contributed by atoms with van der Waals surface area (Å²) in [5.41, 5.74) is 2.20. The van der Waals surface area contributed by atoms with E-state index in [1.807, 2.05) is 57.4 Å². The number of hydrogen-bond acceptors (Lipinski definition) is 3. The molecule has 5 nitrogen and oxygen atoms in total. The molecule has 3 N–H and O–H groups in total. The number of nitrogens with one attached hydrogen (secondary N) is 2. The molecule has 0 aromatic heterocycles. The molecule has 2 aromatic rings. The third-order valence-corrected chi connectivity index (χ3v) is 4.19. The highest BCUT2D eigenvalue weighted by molar-refractivity contribution is 14.0. The highest BCUT2D eigenvalue weighted by Crippen LogP contribution is 2.19. The van der Waals surface area contributed by atoms with Crippen molar-refractivity contribution in [3.8, 4) is 0 Å². The van der Waals surface area contributed by atoms with Crippen LogP contribution in [0.5, 0.6) is 0 Å². The van der Waals surface area contributed by atoms with Crippen LogP contribution in [0.15, 0.2) is 59.6 Å². The second-order valence-electron chi connectivity index (χ2n) is 6.75. The van der Waals surface area contributed by atoms with Gasteiger partial charge in [0.1, 0.15) is 5.60 Å². The van der Waals surface area contributed by atoms with E-state index in [1.165, 1.54) is 0 Å². The Morgan fingerprint density at radius 1 is 1.07 bits per heavy atom. The Balaban J connectivity index is 0.00000364. The van der Waals surface area contributed by atoms with Crippen LogP contribution in [-0.2, 0) is 12.1 Å². The number of hydrogen-bond donors (Lipinski definition) is 3. The monoisotopic (exact) mass is 482 g/mol. The SMILES string of the molecule is CCNC(=NCc1cccc(N(C)C)c1)NCC(C)(O)c1ccccc1.I. The summed E-state index contributed by atoms with van der Waals surface area (Å²) in [5, 5.41) is 17.2. The first-order valence-corrected chi connectivity index (χ1v) is 8.98. The topological polar surface area (TPSA) is 59.9 Å². The molecule has 0 saturated carbocycles. The highest BCUT2D eigenvalue weighted by atomic mass is 127. The van der Waals surface area contributed by atoms with Gasteiger partial charge in [0.15, 0.2) is 5.96 Å². The second-order valence-corrected chi connectivity index (χ2v) is 6.75. The number of nitrogens with zero attached hydrogens (tertiary/aromatic N) is 2. The van der Waals surface area contributed by atoms with Crippen LogP contribution < -0.4 is 15.5 Å². The van der Waals surface area contributed by atoms with Gasteiger partial charge in [-0.3, -0.25) is 0 Å². The minimum absolute atomic E-state index is 0. The van der Waals surface area contributed by atoms with E-state index in [0.717, 1.165) is 23.4 Å². The lowest BCUT2D eigenvalue weighted by atomic mass is 9.96. The lowest BCUT2D eigenvalue weighted by Gasteiger charge is -2.25. The molecule has 0 amide bonds. The van der Waals surface area contributed by atoms with Gasteiger partial charge in [-0.2, -0.15) is 0 Å². The highest BCUT2D eigenvalue weighted by Gasteiger charge is 2.22. The molecule has 6 heteroatoms. The molecule has 0 radical (unpaired) electrons. The number of rotatable bonds is 7. The van der Waals surface area contributed by atoms with Gasteiger partial charge in [-0.05, 0) is 37.1 Å². The summed E-state index contributed by atoms with van der Waals surface area (Å²) in [7, 11) is 4.05. The van der Waals surface area contributed by atoms with E-state index in [-0.39, 0.29) is 24.0 Å². The Bertz CT molecular complexity index is 717. The van der Waals surface area contributed by atoms with Gasteiger partial charge in [0.25, 0.3) is 0 Å². The summed E-state index contributed by atoms with van der Waals surface area (Å²) in [6.45, 7) is 5.54. The molecule has 148 valence electrons. The second kappa shape index (κ2) is 11.1. The zero-order valence-electron chi connectivity index (χ0n) is 16.6. The van der Waals surface area contributed by atoms with Crippen LogP contribution in [0.1, 0.15) is 25.0 Å². The standard InChI is InChI=1S/C21H30N4O.HI/c1-5-22-20(23-15-17-10-9-13-19(14-17)25(3)4)24-16-21(2,26)18-11-7-6-8-12-18;/h6-14,26H,5,15-16H2,1-4H3,(H2,22,23,24);1H. The Morgan fingerprint density at radius 2 is 1.78 bits per heavy atom. The number of anilines is 1. The summed E-state index contributed by atoms with van der Waals surface area (Å²) < 4.78 is 0. The molecular formula is C21H31IN4O. The van der Waals surface area contributed by atoms with E-state index in [4.69, 9.17) is 0 Å². The maximum atomic E-state index is 10.7. The Morgan fingerprint density at radius 3 is 2.41 bits per heavy atom. The van der Waals surface area contributed by atoms with Crippen molar-refractivity contribution in [3.63, 3.8) is 0 Å². The molecule has 2 aromatic carbocycles. The predicted molar refractivity (Wildman–Crippen MR) is 125 cm³/mol. The van der Waals surface area contributed by atoms with Gasteiger partial charge >= 0.3 is 0 Å². The average Bonchev–Trinajstić information content (AvgIpc) is 2.65. The molecule has 0 aliphatic rings. The predicted octanol–water partition coefficient (Wildman–Crippen LogP) is 3.33. The molecular weight excluding hydrogens is 451 g/mol. The number of benzene rings is 2. The van der Waals surface area contributed by atoms with Crippen LogP contribution in [0.25, 0.3) is 0 Å². The molecule has 0 bridgehead atoms. The lowest BCUT2D eigenvalue weighted by molar-refractivity contribution is 0.0617. The summed E-state index contributed by atoms with van der Waals surface area (Å²) >= 11 is 0. The molecule has 1 unspecified atom stereocenters. The lowest BCUT2D eigenvalue weighted by Crippen LogP contribution is -2.44. The van der Waals surface area contributed by atoms with Crippen molar-refractivity contribution in [1.82, 2.24) is 10.6 Å². The summed E-state index contributed by atoms with van der Waals surface area (Å²) in [6.07, 6.45) is 0. The Hall–Kier alpha value is -1.80. The molecule has 2 rings (SSSR count). The van der Waals surface area contributed by atoms with Gasteiger partial charge in [-0.1, -0.05) is 42.5 Å². The fourth-order valence-corrected chi connectivity index (χ4v) is 2.60. The molecule has 1 atom stereocenters. The first kappa shape index (κ1) is 23.2. The van der Waals surface area contributed by atoms with E-state index < -0.39 is 5.60 Å². The van der Waals surface area contributed by atoms with Gasteiger partial charge < -0.3 is 20.6 Å². The smallest absolute Gasteiger partial charge is 0.191 e. The van der Waals surface area contributed by atoms with Crippen molar-refractivity contribution in [3.05, 3.63) is 65.7 Å². The van der Waals surface area contributed by atoms with E-state index in [2.05, 4.69) is 38.7 Å². The van der Waals surface area contributed by atoms with Crippen molar-refractivity contribution in [2.45, 2.75) is 26.0 Å². The van der Waals surface area contributed by atoms with Gasteiger partial charge in [-0.25, -0.2) is 4.99 Å². The molecule has 0 fully saturated rings. The van der Waals surface area contributed by atoms with Crippen molar-refractivity contribution in [2.24, 2.45) is 4.99 Å². The van der Waals surface area contributed by atoms with Crippen molar-refractivity contribution < 1.29 is 5.11 Å². The minimum atomic E-state index is -0.970. The molecule has 0 aliphatic carbocycles. The largest absolute Gasteiger partial charge is 0.384 e. The van der Waals surface area contributed by atoms with E-state index >= 15 is 0 Å². The Kier molecular flexibility index (Phi) is 9.59. The molecule has 0 spiro atoms. The van der Waals surface area contributed by atoms with Crippen LogP contribution >= 0.6 is 24.0 Å². The molecule has 0 aliphatic heterocycles. The quantitative estimate of drug-likeness (QED) is 0.322. The number of aliphatic hydroxyl groups is 1. The fourth-order valence-electron chi connectivity index (χ4n) is 2.60. The normalized spacial score (nSPS) is 13.3. The first-order valence-electron chi connectivity index (χ1n) is 8.98. The first-order chi connectivity index (χ1) is 12.4. The molecule has 0 heterocycles. The van der Waals surface area contributed by atoms with Crippen LogP contribution in [0.4, 0.5) is 5.69 Å². The Labute approximate surface area is 179 Å². The summed E-state index contributed by atoms with van der Waals surface area (Å²) in [4.78, 5) is 6.72. The van der Waals surface area contributed by atoms with E-state index in [1.54, 1.807) is 6.92 Å². The van der Waals surface area contributed by atoms with Crippen LogP contribution in [0.2, 0.25) is 0 Å². The van der Waals surface area contributed by atoms with Gasteiger partial charge in [-0.15, -0.1) is 24.0 Å². The van der Waals surface area contributed by atoms with Gasteiger partial charge in [0, 0.05) is 26.3 Å². The van der Waals surface area contributed by atoms with Crippen molar-refractivity contribution in [2.75, 3.05) is 32.1 Å². The van der Waals surface area contributed by atoms with Crippen LogP contribution in [0, 0.1) is 0 Å². The zero-order chi connectivity index (χ0) is 19.0. The third-order valence-electron chi connectivity index (χ3n) is 4.19. The minimum Gasteiger partial charge on any atom is -0.384 e. The van der Waals surface area contributed by atoms with Crippen molar-refractivity contribution >= 4 is 35.6 Å².